The van der Waals surface area contributed by atoms with E-state index in [0.717, 1.165) is 43.3 Å². The molecule has 1 aromatic heterocycles. The molecule has 31 heavy (non-hydrogen) atoms. The van der Waals surface area contributed by atoms with E-state index in [1.165, 1.54) is 12.4 Å². The highest BCUT2D eigenvalue weighted by atomic mass is 19.1. The van der Waals surface area contributed by atoms with E-state index in [1.807, 2.05) is 0 Å². The van der Waals surface area contributed by atoms with E-state index in [4.69, 9.17) is 4.74 Å². The van der Waals surface area contributed by atoms with Crippen molar-refractivity contribution in [2.45, 2.75) is 12.5 Å². The van der Waals surface area contributed by atoms with Gasteiger partial charge in [0.15, 0.2) is 0 Å². The molecule has 0 aliphatic carbocycles. The van der Waals surface area contributed by atoms with Gasteiger partial charge in [0, 0.05) is 18.8 Å². The lowest BCUT2D eigenvalue weighted by Crippen LogP contribution is -2.21. The summed E-state index contributed by atoms with van der Waals surface area (Å²) < 4.78 is 63.5. The van der Waals surface area contributed by atoms with Gasteiger partial charge in [0.2, 0.25) is 0 Å². The maximum absolute atomic E-state index is 15.1. The summed E-state index contributed by atoms with van der Waals surface area (Å²) in [5, 5.41) is 5.62. The smallest absolute Gasteiger partial charge is 0.258 e. The fraction of sp³-hybridized carbons (Fsp3) is 0.182. The number of hydrogen-bond donors (Lipinski definition) is 2. The number of rotatable bonds is 5. The van der Waals surface area contributed by atoms with Crippen LogP contribution in [-0.4, -0.2) is 30.1 Å². The van der Waals surface area contributed by atoms with Crippen molar-refractivity contribution in [3.63, 3.8) is 0 Å². The second-order valence-electron chi connectivity index (χ2n) is 6.94. The number of carbonyl (C=O) groups excluding carboxylic acids is 1. The minimum Gasteiger partial charge on any atom is -0.487 e. The number of anilines is 1. The Kier molecular flexibility index (Phi) is 5.85. The fourth-order valence-corrected chi connectivity index (χ4v) is 3.37. The number of amides is 1. The molecule has 1 aliphatic heterocycles. The summed E-state index contributed by atoms with van der Waals surface area (Å²) in [5.41, 5.74) is -2.24. The highest BCUT2D eigenvalue weighted by molar-refractivity contribution is 6.06. The van der Waals surface area contributed by atoms with Gasteiger partial charge in [-0.3, -0.25) is 9.78 Å². The van der Waals surface area contributed by atoms with Crippen LogP contribution in [0.1, 0.15) is 16.8 Å². The van der Waals surface area contributed by atoms with Crippen LogP contribution in [0.5, 0.6) is 5.75 Å². The van der Waals surface area contributed by atoms with Crippen molar-refractivity contribution in [2.75, 3.05) is 18.4 Å². The summed E-state index contributed by atoms with van der Waals surface area (Å²) in [6.07, 6.45) is 3.48. The molecule has 160 valence electrons. The van der Waals surface area contributed by atoms with Gasteiger partial charge >= 0.3 is 0 Å². The molecule has 3 aromatic rings. The SMILES string of the molecule is O=C(Nc1cnccc1O[C@@H]1CCNC1)c1ccc(F)c(-c2c(F)cccc2F)c1F. The van der Waals surface area contributed by atoms with Gasteiger partial charge in [-0.2, -0.15) is 0 Å². The Bertz CT molecular complexity index is 1110. The van der Waals surface area contributed by atoms with Gasteiger partial charge < -0.3 is 15.4 Å². The van der Waals surface area contributed by atoms with Crippen LogP contribution >= 0.6 is 0 Å². The van der Waals surface area contributed by atoms with Crippen LogP contribution in [0.4, 0.5) is 23.2 Å². The molecule has 1 amide bonds. The van der Waals surface area contributed by atoms with Gasteiger partial charge in [-0.1, -0.05) is 6.07 Å². The van der Waals surface area contributed by atoms with Crippen molar-refractivity contribution in [1.29, 1.82) is 0 Å². The molecular weight excluding hydrogens is 414 g/mol. The molecule has 0 bridgehead atoms. The summed E-state index contributed by atoms with van der Waals surface area (Å²) in [6.45, 7) is 1.44. The molecular formula is C22H17F4N3O2. The molecule has 1 fully saturated rings. The summed E-state index contributed by atoms with van der Waals surface area (Å²) >= 11 is 0. The van der Waals surface area contributed by atoms with Crippen molar-refractivity contribution in [1.82, 2.24) is 10.3 Å². The number of halogens is 4. The number of aromatic nitrogens is 1. The van der Waals surface area contributed by atoms with Crippen LogP contribution < -0.4 is 15.4 Å². The molecule has 2 heterocycles. The zero-order chi connectivity index (χ0) is 22.0. The number of nitrogens with zero attached hydrogens (tertiary/aromatic N) is 1. The van der Waals surface area contributed by atoms with Crippen molar-refractivity contribution in [3.05, 3.63) is 77.6 Å². The second kappa shape index (κ2) is 8.73. The van der Waals surface area contributed by atoms with E-state index < -0.39 is 45.9 Å². The van der Waals surface area contributed by atoms with E-state index in [0.29, 0.717) is 12.3 Å². The Morgan fingerprint density at radius 1 is 1.03 bits per heavy atom. The van der Waals surface area contributed by atoms with E-state index >= 15 is 4.39 Å². The Hall–Kier alpha value is -3.46. The second-order valence-corrected chi connectivity index (χ2v) is 6.94. The molecule has 1 saturated heterocycles. The molecule has 0 radical (unpaired) electrons. The average molecular weight is 431 g/mol. The average Bonchev–Trinajstić information content (AvgIpc) is 3.24. The third kappa shape index (κ3) is 4.22. The molecule has 4 rings (SSSR count). The first-order chi connectivity index (χ1) is 15.0. The van der Waals surface area contributed by atoms with Gasteiger partial charge in [-0.25, -0.2) is 17.6 Å². The van der Waals surface area contributed by atoms with E-state index in [9.17, 15) is 18.0 Å². The maximum Gasteiger partial charge on any atom is 0.258 e. The Labute approximate surface area is 175 Å². The highest BCUT2D eigenvalue weighted by Gasteiger charge is 2.25. The van der Waals surface area contributed by atoms with Crippen LogP contribution in [0.15, 0.2) is 48.8 Å². The molecule has 9 heteroatoms. The molecule has 0 saturated carbocycles. The Morgan fingerprint density at radius 3 is 2.48 bits per heavy atom. The van der Waals surface area contributed by atoms with E-state index in [2.05, 4.69) is 15.6 Å². The Balaban J connectivity index is 1.66. The van der Waals surface area contributed by atoms with E-state index in [1.54, 1.807) is 6.07 Å². The van der Waals surface area contributed by atoms with Gasteiger partial charge in [-0.15, -0.1) is 0 Å². The summed E-state index contributed by atoms with van der Waals surface area (Å²) in [5.74, 6) is -5.49. The standard InChI is InChI=1S/C22H17F4N3O2/c23-14-2-1-3-15(24)19(14)20-16(25)5-4-13(21(20)26)22(30)29-17-11-28-9-7-18(17)31-12-6-8-27-10-12/h1-5,7,9,11-12,27H,6,8,10H2,(H,29,30)/t12-/m1/s1. The predicted molar refractivity (Wildman–Crippen MR) is 106 cm³/mol. The minimum atomic E-state index is -1.38. The van der Waals surface area contributed by atoms with Crippen molar-refractivity contribution in [2.24, 2.45) is 0 Å². The van der Waals surface area contributed by atoms with Crippen LogP contribution in [0.3, 0.4) is 0 Å². The molecule has 2 N–H and O–H groups in total. The normalized spacial score (nSPS) is 15.7. The molecule has 0 spiro atoms. The van der Waals surface area contributed by atoms with Crippen molar-refractivity contribution >= 4 is 11.6 Å². The van der Waals surface area contributed by atoms with Gasteiger partial charge in [0.1, 0.15) is 40.8 Å². The van der Waals surface area contributed by atoms with Gasteiger partial charge in [0.05, 0.1) is 22.9 Å². The van der Waals surface area contributed by atoms with E-state index in [-0.39, 0.29) is 11.8 Å². The number of hydrogen-bond acceptors (Lipinski definition) is 4. The quantitative estimate of drug-likeness (QED) is 0.592. The minimum absolute atomic E-state index is 0.101. The maximum atomic E-state index is 15.1. The van der Waals surface area contributed by atoms with Crippen LogP contribution in [-0.2, 0) is 0 Å². The lowest BCUT2D eigenvalue weighted by Gasteiger charge is -2.16. The van der Waals surface area contributed by atoms with Crippen LogP contribution in [0.2, 0.25) is 0 Å². The molecule has 2 aromatic carbocycles. The number of pyridine rings is 1. The number of nitrogens with one attached hydrogen (secondary N) is 2. The zero-order valence-corrected chi connectivity index (χ0v) is 16.1. The summed E-state index contributed by atoms with van der Waals surface area (Å²) in [6, 6.07) is 6.06. The zero-order valence-electron chi connectivity index (χ0n) is 16.1. The topological polar surface area (TPSA) is 63.2 Å². The lowest BCUT2D eigenvalue weighted by atomic mass is 9.99. The van der Waals surface area contributed by atoms with Gasteiger partial charge in [-0.05, 0) is 37.2 Å². The van der Waals surface area contributed by atoms with Crippen LogP contribution in [0.25, 0.3) is 11.1 Å². The summed E-state index contributed by atoms with van der Waals surface area (Å²) in [4.78, 5) is 16.7. The largest absolute Gasteiger partial charge is 0.487 e. The lowest BCUT2D eigenvalue weighted by molar-refractivity contribution is 0.102. The first-order valence-corrected chi connectivity index (χ1v) is 9.51. The highest BCUT2D eigenvalue weighted by Crippen LogP contribution is 2.33. The Morgan fingerprint density at radius 2 is 1.77 bits per heavy atom. The van der Waals surface area contributed by atoms with Crippen molar-refractivity contribution < 1.29 is 27.1 Å². The first-order valence-electron chi connectivity index (χ1n) is 9.51. The molecule has 0 unspecified atom stereocenters. The van der Waals surface area contributed by atoms with Crippen molar-refractivity contribution in [3.8, 4) is 16.9 Å². The molecule has 1 aliphatic rings. The predicted octanol–water partition coefficient (Wildman–Crippen LogP) is 4.30. The third-order valence-corrected chi connectivity index (χ3v) is 4.89. The number of carbonyl (C=O) groups is 1. The number of benzene rings is 2. The molecule has 5 nitrogen and oxygen atoms in total. The molecule has 1 atom stereocenters. The number of ether oxygens (including phenoxy) is 1. The summed E-state index contributed by atoms with van der Waals surface area (Å²) in [7, 11) is 0. The monoisotopic (exact) mass is 431 g/mol. The van der Waals surface area contributed by atoms with Crippen LogP contribution in [0, 0.1) is 23.3 Å². The third-order valence-electron chi connectivity index (χ3n) is 4.89. The fourth-order valence-electron chi connectivity index (χ4n) is 3.37. The van der Waals surface area contributed by atoms with Gasteiger partial charge in [0.25, 0.3) is 5.91 Å². The first kappa shape index (κ1) is 20.8.